The monoisotopic (exact) mass is 317 g/mol. The van der Waals surface area contributed by atoms with Gasteiger partial charge in [-0.3, -0.25) is 9.59 Å². The van der Waals surface area contributed by atoms with Gasteiger partial charge in [0.1, 0.15) is 0 Å². The van der Waals surface area contributed by atoms with E-state index in [4.69, 9.17) is 0 Å². The summed E-state index contributed by atoms with van der Waals surface area (Å²) in [5.41, 5.74) is 1.90. The number of carbonyl (C=O) groups is 2. The summed E-state index contributed by atoms with van der Waals surface area (Å²) in [7, 11) is 0. The van der Waals surface area contributed by atoms with Crippen LogP contribution in [0.3, 0.4) is 0 Å². The predicted molar refractivity (Wildman–Crippen MR) is 87.3 cm³/mol. The molecule has 3 rings (SSSR count). The lowest BCUT2D eigenvalue weighted by Gasteiger charge is -2.08. The molecule has 5 heteroatoms. The maximum atomic E-state index is 12.1. The molecule has 0 aliphatic carbocycles. The summed E-state index contributed by atoms with van der Waals surface area (Å²) in [6.45, 7) is 0.0418. The standard InChI is InChI=1S/C16H15NO2S2/c18-13(11-4-2-1-3-5-11)9-17-16(19)15-8-12-10-20-7-6-14(12)21-15/h1-5,8H,6-7,9-10H2,(H,17,19). The highest BCUT2D eigenvalue weighted by atomic mass is 32.2. The van der Waals surface area contributed by atoms with Gasteiger partial charge in [-0.05, 0) is 23.8 Å². The summed E-state index contributed by atoms with van der Waals surface area (Å²) < 4.78 is 0. The predicted octanol–water partition coefficient (Wildman–Crippen LogP) is 3.15. The van der Waals surface area contributed by atoms with Crippen LogP contribution in [0.2, 0.25) is 0 Å². The highest BCUT2D eigenvalue weighted by Crippen LogP contribution is 2.31. The molecule has 0 saturated heterocycles. The molecule has 2 aromatic rings. The van der Waals surface area contributed by atoms with Crippen molar-refractivity contribution in [3.8, 4) is 0 Å². The van der Waals surface area contributed by atoms with E-state index in [1.165, 1.54) is 10.4 Å². The first-order chi connectivity index (χ1) is 10.2. The quantitative estimate of drug-likeness (QED) is 0.881. The molecule has 1 aromatic heterocycles. The second-order valence-electron chi connectivity index (χ2n) is 4.83. The summed E-state index contributed by atoms with van der Waals surface area (Å²) >= 11 is 3.45. The molecule has 0 atom stereocenters. The zero-order valence-electron chi connectivity index (χ0n) is 11.4. The third-order valence-corrected chi connectivity index (χ3v) is 5.60. The molecule has 0 fully saturated rings. The number of Topliss-reactive ketones (excluding diaryl/α,β-unsaturated/α-hetero) is 1. The number of ketones is 1. The number of aryl methyl sites for hydroxylation is 1. The Balaban J connectivity index is 1.62. The van der Waals surface area contributed by atoms with Crippen LogP contribution in [-0.2, 0) is 12.2 Å². The number of carbonyl (C=O) groups excluding carboxylic acids is 2. The Bertz CT molecular complexity index is 641. The van der Waals surface area contributed by atoms with Crippen LogP contribution in [0.25, 0.3) is 0 Å². The fourth-order valence-corrected chi connectivity index (χ4v) is 4.52. The minimum atomic E-state index is -0.149. The van der Waals surface area contributed by atoms with Crippen molar-refractivity contribution in [3.05, 3.63) is 57.3 Å². The van der Waals surface area contributed by atoms with Crippen LogP contribution < -0.4 is 5.32 Å². The molecular weight excluding hydrogens is 302 g/mol. The van der Waals surface area contributed by atoms with Gasteiger partial charge in [-0.15, -0.1) is 11.3 Å². The molecule has 3 nitrogen and oxygen atoms in total. The Hall–Kier alpha value is -1.59. The number of thiophene rings is 1. The highest BCUT2D eigenvalue weighted by Gasteiger charge is 2.18. The molecule has 0 radical (unpaired) electrons. The van der Waals surface area contributed by atoms with Crippen LogP contribution in [0.1, 0.15) is 30.5 Å². The Morgan fingerprint density at radius 3 is 2.76 bits per heavy atom. The summed E-state index contributed by atoms with van der Waals surface area (Å²) in [5.74, 6) is 1.90. The molecule has 2 heterocycles. The number of hydrogen-bond donors (Lipinski definition) is 1. The third-order valence-electron chi connectivity index (χ3n) is 3.36. The first kappa shape index (κ1) is 14.4. The molecular formula is C16H15NO2S2. The second-order valence-corrected chi connectivity index (χ2v) is 7.08. The van der Waals surface area contributed by atoms with Crippen LogP contribution in [0, 0.1) is 0 Å². The average molecular weight is 317 g/mol. The Morgan fingerprint density at radius 1 is 1.19 bits per heavy atom. The zero-order valence-corrected chi connectivity index (χ0v) is 13.1. The van der Waals surface area contributed by atoms with Crippen molar-refractivity contribution in [1.82, 2.24) is 5.32 Å². The van der Waals surface area contributed by atoms with Crippen LogP contribution in [0.15, 0.2) is 36.4 Å². The molecule has 1 aromatic carbocycles. The Kier molecular flexibility index (Phi) is 4.41. The highest BCUT2D eigenvalue weighted by molar-refractivity contribution is 7.98. The molecule has 0 saturated carbocycles. The van der Waals surface area contributed by atoms with E-state index < -0.39 is 0 Å². The molecule has 1 N–H and O–H groups in total. The van der Waals surface area contributed by atoms with Crippen LogP contribution in [0.4, 0.5) is 0 Å². The van der Waals surface area contributed by atoms with E-state index in [1.807, 2.05) is 36.0 Å². The van der Waals surface area contributed by atoms with Gasteiger partial charge >= 0.3 is 0 Å². The van der Waals surface area contributed by atoms with Gasteiger partial charge in [-0.2, -0.15) is 11.8 Å². The molecule has 0 bridgehead atoms. The van der Waals surface area contributed by atoms with Gasteiger partial charge in [0.25, 0.3) is 5.91 Å². The third kappa shape index (κ3) is 3.36. The molecule has 1 aliphatic heterocycles. The van der Waals surface area contributed by atoms with E-state index in [9.17, 15) is 9.59 Å². The largest absolute Gasteiger partial charge is 0.344 e. The number of nitrogens with one attached hydrogen (secondary N) is 1. The van der Waals surface area contributed by atoms with Crippen molar-refractivity contribution in [2.24, 2.45) is 0 Å². The van der Waals surface area contributed by atoms with Gasteiger partial charge in [-0.25, -0.2) is 0 Å². The summed E-state index contributed by atoms with van der Waals surface area (Å²) in [4.78, 5) is 26.1. The first-order valence-electron chi connectivity index (χ1n) is 6.80. The lowest BCUT2D eigenvalue weighted by atomic mass is 10.1. The van der Waals surface area contributed by atoms with Crippen LogP contribution in [-0.4, -0.2) is 24.0 Å². The number of amides is 1. The molecule has 0 spiro atoms. The van der Waals surface area contributed by atoms with Crippen molar-refractivity contribution in [1.29, 1.82) is 0 Å². The van der Waals surface area contributed by atoms with E-state index in [-0.39, 0.29) is 18.2 Å². The topological polar surface area (TPSA) is 46.2 Å². The number of rotatable bonds is 4. The van der Waals surface area contributed by atoms with Gasteiger partial charge in [0.2, 0.25) is 0 Å². The van der Waals surface area contributed by atoms with Gasteiger partial charge in [-0.1, -0.05) is 30.3 Å². The minimum absolute atomic E-state index is 0.0418. The van der Waals surface area contributed by atoms with E-state index in [0.29, 0.717) is 10.4 Å². The zero-order chi connectivity index (χ0) is 14.7. The lowest BCUT2D eigenvalue weighted by Crippen LogP contribution is -2.28. The number of thioether (sulfide) groups is 1. The fraction of sp³-hybridized carbons (Fsp3) is 0.250. The van der Waals surface area contributed by atoms with Gasteiger partial charge in [0.15, 0.2) is 5.78 Å². The van der Waals surface area contributed by atoms with Crippen LogP contribution in [0.5, 0.6) is 0 Å². The average Bonchev–Trinajstić information content (AvgIpc) is 2.97. The van der Waals surface area contributed by atoms with E-state index in [1.54, 1.807) is 23.5 Å². The molecule has 1 amide bonds. The van der Waals surface area contributed by atoms with Gasteiger partial charge < -0.3 is 5.32 Å². The smallest absolute Gasteiger partial charge is 0.261 e. The lowest BCUT2D eigenvalue weighted by molar-refractivity contribution is 0.0906. The fourth-order valence-electron chi connectivity index (χ4n) is 2.23. The van der Waals surface area contributed by atoms with Crippen molar-refractivity contribution in [2.45, 2.75) is 12.2 Å². The summed E-state index contributed by atoms with van der Waals surface area (Å²) in [6, 6.07) is 11.0. The molecule has 1 aliphatic rings. The van der Waals surface area contributed by atoms with Gasteiger partial charge in [0, 0.05) is 16.2 Å². The molecule has 21 heavy (non-hydrogen) atoms. The maximum Gasteiger partial charge on any atom is 0.261 e. The maximum absolute atomic E-state index is 12.1. The Morgan fingerprint density at radius 2 is 2.00 bits per heavy atom. The second kappa shape index (κ2) is 6.45. The molecule has 108 valence electrons. The van der Waals surface area contributed by atoms with Crippen molar-refractivity contribution >= 4 is 34.8 Å². The van der Waals surface area contributed by atoms with Gasteiger partial charge in [0.05, 0.1) is 11.4 Å². The Labute approximate surface area is 131 Å². The summed E-state index contributed by atoms with van der Waals surface area (Å²) in [6.07, 6.45) is 1.04. The number of fused-ring (bicyclic) bond motifs is 1. The van der Waals surface area contributed by atoms with E-state index >= 15 is 0 Å². The molecule has 0 unspecified atom stereocenters. The minimum Gasteiger partial charge on any atom is -0.344 e. The van der Waals surface area contributed by atoms with E-state index in [2.05, 4.69) is 5.32 Å². The van der Waals surface area contributed by atoms with Crippen LogP contribution >= 0.6 is 23.1 Å². The number of hydrogen-bond acceptors (Lipinski definition) is 4. The number of benzene rings is 1. The van der Waals surface area contributed by atoms with Crippen molar-refractivity contribution < 1.29 is 9.59 Å². The summed E-state index contributed by atoms with van der Waals surface area (Å²) in [5, 5.41) is 2.72. The van der Waals surface area contributed by atoms with Crippen molar-refractivity contribution in [3.63, 3.8) is 0 Å². The normalized spacial score (nSPS) is 13.5. The SMILES string of the molecule is O=C(CNC(=O)c1cc2c(s1)CCSC2)c1ccccc1. The van der Waals surface area contributed by atoms with Crippen molar-refractivity contribution in [2.75, 3.05) is 12.3 Å². The van der Waals surface area contributed by atoms with E-state index in [0.717, 1.165) is 17.9 Å². The first-order valence-corrected chi connectivity index (χ1v) is 8.77.